The van der Waals surface area contributed by atoms with E-state index in [1.165, 1.54) is 16.9 Å². The van der Waals surface area contributed by atoms with Crippen LogP contribution in [0.2, 0.25) is 5.02 Å². The molecule has 0 bridgehead atoms. The van der Waals surface area contributed by atoms with Gasteiger partial charge in [0.2, 0.25) is 10.0 Å². The lowest BCUT2D eigenvalue weighted by Gasteiger charge is -2.29. The van der Waals surface area contributed by atoms with E-state index in [2.05, 4.69) is 0 Å². The lowest BCUT2D eigenvalue weighted by Crippen LogP contribution is -2.54. The van der Waals surface area contributed by atoms with Crippen molar-refractivity contribution in [3.63, 3.8) is 0 Å². The Labute approximate surface area is 132 Å². The number of sulfonamides is 1. The van der Waals surface area contributed by atoms with Gasteiger partial charge in [-0.25, -0.2) is 13.1 Å². The van der Waals surface area contributed by atoms with Crippen LogP contribution in [-0.4, -0.2) is 38.5 Å². The van der Waals surface area contributed by atoms with E-state index in [9.17, 15) is 34.8 Å². The average molecular weight is 386 g/mol. The normalized spacial score (nSPS) is 15.0. The molecule has 0 radical (unpaired) electrons. The molecule has 0 heterocycles. The van der Waals surface area contributed by atoms with Crippen molar-refractivity contribution >= 4 is 21.6 Å². The number of nitrogens with one attached hydrogen (secondary N) is 1. The molecule has 1 aromatic rings. The number of hydrogen-bond donors (Lipinski definition) is 2. The molecular formula is C11H10ClF6NO3S. The topological polar surface area (TPSA) is 66.4 Å². The van der Waals surface area contributed by atoms with E-state index < -0.39 is 50.9 Å². The van der Waals surface area contributed by atoms with Gasteiger partial charge in [0.05, 0.1) is 17.7 Å². The minimum absolute atomic E-state index is 0.396. The molecule has 1 rings (SSSR count). The number of aliphatic hydroxyl groups is 1. The summed E-state index contributed by atoms with van der Waals surface area (Å²) in [5.41, 5.74) is 0. The fraction of sp³-hybridized carbons (Fsp3) is 0.455. The highest BCUT2D eigenvalue weighted by Crippen LogP contribution is 2.41. The molecule has 0 aliphatic heterocycles. The maximum atomic E-state index is 12.6. The monoisotopic (exact) mass is 385 g/mol. The summed E-state index contributed by atoms with van der Waals surface area (Å²) in [6.45, 7) is -1.71. The maximum Gasteiger partial charge on any atom is 0.402 e. The fourth-order valence-electron chi connectivity index (χ4n) is 1.78. The SMILES string of the molecule is O=S(=O)(NC(CO)C(C(F)(F)F)C(F)(F)F)c1ccccc1Cl. The van der Waals surface area contributed by atoms with Gasteiger partial charge in [-0.05, 0) is 12.1 Å². The van der Waals surface area contributed by atoms with Crippen molar-refractivity contribution in [2.45, 2.75) is 23.3 Å². The summed E-state index contributed by atoms with van der Waals surface area (Å²) in [5, 5.41) is 8.45. The summed E-state index contributed by atoms with van der Waals surface area (Å²) in [7, 11) is -4.81. The zero-order valence-corrected chi connectivity index (χ0v) is 12.6. The lowest BCUT2D eigenvalue weighted by atomic mass is 10.00. The van der Waals surface area contributed by atoms with Gasteiger partial charge in [0.15, 0.2) is 5.92 Å². The molecule has 0 aliphatic carbocycles. The van der Waals surface area contributed by atoms with Gasteiger partial charge in [-0.3, -0.25) is 0 Å². The summed E-state index contributed by atoms with van der Waals surface area (Å²) < 4.78 is 101. The van der Waals surface area contributed by atoms with Crippen molar-refractivity contribution in [2.75, 3.05) is 6.61 Å². The van der Waals surface area contributed by atoms with Gasteiger partial charge in [-0.1, -0.05) is 23.7 Å². The molecule has 12 heteroatoms. The zero-order valence-electron chi connectivity index (χ0n) is 11.0. The highest BCUT2D eigenvalue weighted by atomic mass is 35.5. The highest BCUT2D eigenvalue weighted by molar-refractivity contribution is 7.89. The third-order valence-corrected chi connectivity index (χ3v) is 4.73. The van der Waals surface area contributed by atoms with Crippen molar-refractivity contribution in [1.29, 1.82) is 0 Å². The van der Waals surface area contributed by atoms with Crippen molar-refractivity contribution < 1.29 is 39.9 Å². The van der Waals surface area contributed by atoms with E-state index in [1.54, 1.807) is 0 Å². The molecule has 132 valence electrons. The first-order valence-corrected chi connectivity index (χ1v) is 7.68. The van der Waals surface area contributed by atoms with Crippen LogP contribution in [0.5, 0.6) is 0 Å². The van der Waals surface area contributed by atoms with E-state index in [1.807, 2.05) is 0 Å². The summed E-state index contributed by atoms with van der Waals surface area (Å²) >= 11 is 5.57. The van der Waals surface area contributed by atoms with Crippen LogP contribution in [0.4, 0.5) is 26.3 Å². The molecule has 0 saturated heterocycles. The molecule has 0 spiro atoms. The number of halogens is 7. The van der Waals surface area contributed by atoms with E-state index in [4.69, 9.17) is 16.7 Å². The van der Waals surface area contributed by atoms with E-state index in [0.717, 1.165) is 12.1 Å². The number of hydrogen-bond acceptors (Lipinski definition) is 3. The molecule has 23 heavy (non-hydrogen) atoms. The Morgan fingerprint density at radius 1 is 1.09 bits per heavy atom. The maximum absolute atomic E-state index is 12.6. The van der Waals surface area contributed by atoms with Gasteiger partial charge in [0.1, 0.15) is 4.90 Å². The van der Waals surface area contributed by atoms with Crippen LogP contribution < -0.4 is 4.72 Å². The minimum atomic E-state index is -5.81. The summed E-state index contributed by atoms with van der Waals surface area (Å²) in [6, 6.07) is 1.64. The van der Waals surface area contributed by atoms with Crippen LogP contribution in [0, 0.1) is 5.92 Å². The molecular weight excluding hydrogens is 376 g/mol. The zero-order chi connectivity index (χ0) is 18.1. The predicted octanol–water partition coefficient (Wildman–Crippen LogP) is 2.72. The minimum Gasteiger partial charge on any atom is -0.395 e. The van der Waals surface area contributed by atoms with Gasteiger partial charge in [-0.15, -0.1) is 0 Å². The van der Waals surface area contributed by atoms with E-state index in [-0.39, 0.29) is 0 Å². The smallest absolute Gasteiger partial charge is 0.395 e. The van der Waals surface area contributed by atoms with Crippen molar-refractivity contribution in [1.82, 2.24) is 4.72 Å². The predicted molar refractivity (Wildman–Crippen MR) is 68.2 cm³/mol. The molecule has 1 atom stereocenters. The molecule has 0 aliphatic rings. The standard InChI is InChI=1S/C11H10ClF6NO3S/c12-6-3-1-2-4-8(6)23(21,22)19-7(5-20)9(10(13,14)15)11(16,17)18/h1-4,7,9,19-20H,5H2. The first-order valence-electron chi connectivity index (χ1n) is 5.82. The van der Waals surface area contributed by atoms with Crippen LogP contribution >= 0.6 is 11.6 Å². The second-order valence-electron chi connectivity index (χ2n) is 4.40. The third-order valence-electron chi connectivity index (χ3n) is 2.74. The Balaban J connectivity index is 3.24. The largest absolute Gasteiger partial charge is 0.402 e. The Bertz CT molecular complexity index is 632. The second-order valence-corrected chi connectivity index (χ2v) is 6.49. The van der Waals surface area contributed by atoms with Crippen LogP contribution in [-0.2, 0) is 10.0 Å². The van der Waals surface area contributed by atoms with Gasteiger partial charge in [0.25, 0.3) is 0 Å². The van der Waals surface area contributed by atoms with Crippen molar-refractivity contribution in [2.24, 2.45) is 5.92 Å². The van der Waals surface area contributed by atoms with E-state index >= 15 is 0 Å². The van der Waals surface area contributed by atoms with Gasteiger partial charge in [0, 0.05) is 0 Å². The first kappa shape index (κ1) is 20.0. The lowest BCUT2D eigenvalue weighted by molar-refractivity contribution is -0.292. The average Bonchev–Trinajstić information content (AvgIpc) is 2.34. The van der Waals surface area contributed by atoms with Crippen LogP contribution in [0.25, 0.3) is 0 Å². The van der Waals surface area contributed by atoms with Gasteiger partial charge >= 0.3 is 12.4 Å². The number of rotatable bonds is 5. The highest BCUT2D eigenvalue weighted by Gasteiger charge is 2.60. The van der Waals surface area contributed by atoms with Crippen LogP contribution in [0.3, 0.4) is 0 Å². The quantitative estimate of drug-likeness (QED) is 0.766. The third kappa shape index (κ3) is 4.96. The summed E-state index contributed by atoms with van der Waals surface area (Å²) in [6.07, 6.45) is -11.6. The molecule has 2 N–H and O–H groups in total. The molecule has 0 fully saturated rings. The van der Waals surface area contributed by atoms with Gasteiger partial charge in [-0.2, -0.15) is 26.3 Å². The number of benzene rings is 1. The molecule has 4 nitrogen and oxygen atoms in total. The van der Waals surface area contributed by atoms with Gasteiger partial charge < -0.3 is 5.11 Å². The fourth-order valence-corrected chi connectivity index (χ4v) is 3.54. The molecule has 1 aromatic carbocycles. The van der Waals surface area contributed by atoms with Crippen LogP contribution in [0.15, 0.2) is 29.2 Å². The molecule has 0 amide bonds. The van der Waals surface area contributed by atoms with Crippen molar-refractivity contribution in [3.8, 4) is 0 Å². The summed E-state index contributed by atoms with van der Waals surface area (Å²) in [4.78, 5) is -0.705. The summed E-state index contributed by atoms with van der Waals surface area (Å²) in [5.74, 6) is -4.07. The first-order chi connectivity index (χ1) is 10.3. The molecule has 0 aromatic heterocycles. The van der Waals surface area contributed by atoms with Crippen molar-refractivity contribution in [3.05, 3.63) is 29.3 Å². The van der Waals surface area contributed by atoms with Crippen LogP contribution in [0.1, 0.15) is 0 Å². The number of alkyl halides is 6. The Hall–Kier alpha value is -1.04. The second kappa shape index (κ2) is 6.83. The number of aliphatic hydroxyl groups excluding tert-OH is 1. The van der Waals surface area contributed by atoms with E-state index in [0.29, 0.717) is 0 Å². The Kier molecular flexibility index (Phi) is 5.94. The molecule has 1 unspecified atom stereocenters. The Morgan fingerprint density at radius 3 is 1.96 bits per heavy atom. The Morgan fingerprint density at radius 2 is 1.57 bits per heavy atom. The molecule has 0 saturated carbocycles.